The molecule has 0 aliphatic carbocycles. The van der Waals surface area contributed by atoms with Crippen LogP contribution < -0.4 is 0 Å². The van der Waals surface area contributed by atoms with E-state index in [-0.39, 0.29) is 0 Å². The van der Waals surface area contributed by atoms with E-state index in [0.717, 1.165) is 0 Å². The number of hydrogen-bond donors (Lipinski definition) is 4. The lowest BCUT2D eigenvalue weighted by atomic mass is 10.1. The normalized spacial score (nSPS) is 13.4. The maximum Gasteiger partial charge on any atom is 0.295 e. The van der Waals surface area contributed by atoms with Crippen molar-refractivity contribution in [1.82, 2.24) is 0 Å². The summed E-state index contributed by atoms with van der Waals surface area (Å²) < 4.78 is 132. The quantitative estimate of drug-likeness (QED) is 0.396. The van der Waals surface area contributed by atoms with Crippen molar-refractivity contribution in [1.29, 1.82) is 0 Å². The molecule has 0 aliphatic rings. The molecule has 0 radical (unpaired) electrons. The van der Waals surface area contributed by atoms with Crippen LogP contribution in [0, 0.1) is 0 Å². The maximum absolute atomic E-state index is 11.8. The second-order valence-electron chi connectivity index (χ2n) is 5.45. The average molecular weight is 543 g/mol. The Hall–Kier alpha value is -1.34. The molecule has 18 heteroatoms. The monoisotopic (exact) mass is 542 g/mol. The van der Waals surface area contributed by atoms with Crippen LogP contribution in [0.2, 0.25) is 10.0 Å². The highest BCUT2D eigenvalue weighted by Crippen LogP contribution is 2.43. The van der Waals surface area contributed by atoms with Gasteiger partial charge in [0, 0.05) is 21.2 Å². The predicted molar refractivity (Wildman–Crippen MR) is 101 cm³/mol. The van der Waals surface area contributed by atoms with Gasteiger partial charge in [-0.05, 0) is 24.3 Å². The van der Waals surface area contributed by atoms with Crippen LogP contribution in [0.15, 0.2) is 43.8 Å². The summed E-state index contributed by atoms with van der Waals surface area (Å²) in [6.07, 6.45) is 0. The van der Waals surface area contributed by atoms with Crippen LogP contribution in [-0.4, -0.2) is 51.9 Å². The number of benzene rings is 2. The van der Waals surface area contributed by atoms with E-state index in [0.29, 0.717) is 24.3 Å². The third-order valence-corrected chi connectivity index (χ3v) is 7.37. The van der Waals surface area contributed by atoms with E-state index in [1.54, 1.807) is 0 Å². The Labute approximate surface area is 180 Å². The van der Waals surface area contributed by atoms with Crippen molar-refractivity contribution in [2.45, 2.75) is 19.6 Å². The summed E-state index contributed by atoms with van der Waals surface area (Å²) in [5.74, 6) is 0. The zero-order valence-corrected chi connectivity index (χ0v) is 18.5. The highest BCUT2D eigenvalue weighted by Gasteiger charge is 2.35. The molecule has 0 atom stereocenters. The fourth-order valence-corrected chi connectivity index (χ4v) is 6.23. The molecule has 30 heavy (non-hydrogen) atoms. The zero-order valence-electron chi connectivity index (χ0n) is 13.8. The van der Waals surface area contributed by atoms with Gasteiger partial charge in [0.15, 0.2) is 0 Å². The van der Waals surface area contributed by atoms with E-state index >= 15 is 0 Å². The van der Waals surface area contributed by atoms with E-state index in [4.69, 9.17) is 23.2 Å². The van der Waals surface area contributed by atoms with Crippen LogP contribution in [0.4, 0.5) is 0 Å². The summed E-state index contributed by atoms with van der Waals surface area (Å²) in [4.78, 5) is -5.89. The Morgan fingerprint density at radius 2 is 0.633 bits per heavy atom. The lowest BCUT2D eigenvalue weighted by Gasteiger charge is -2.18. The van der Waals surface area contributed by atoms with E-state index < -0.39 is 81.2 Å². The van der Waals surface area contributed by atoms with Gasteiger partial charge in [0.05, 0.1) is 0 Å². The van der Waals surface area contributed by atoms with Gasteiger partial charge < -0.3 is 0 Å². The van der Waals surface area contributed by atoms with Crippen molar-refractivity contribution in [3.63, 3.8) is 0 Å². The molecule has 0 bridgehead atoms. The van der Waals surface area contributed by atoms with E-state index in [1.165, 1.54) is 0 Å². The first-order valence-corrected chi connectivity index (χ1v) is 13.3. The van der Waals surface area contributed by atoms with Crippen molar-refractivity contribution < 1.29 is 51.9 Å². The van der Waals surface area contributed by atoms with E-state index in [2.05, 4.69) is 0 Å². The third-order valence-electron chi connectivity index (χ3n) is 3.42. The molecule has 2 aromatic carbocycles. The van der Waals surface area contributed by atoms with Crippen LogP contribution in [0.5, 0.6) is 0 Å². The van der Waals surface area contributed by atoms with Crippen LogP contribution in [0.1, 0.15) is 0 Å². The predicted octanol–water partition coefficient (Wildman–Crippen LogP) is 1.65. The molecule has 0 aromatic heterocycles. The standard InChI is InChI=1S/C12H8Cl2O12S4/c13-5-1-7(27(15,16)17)11(8(2-5)28(18,19)20)12-9(29(21,22)23)3-6(14)4-10(12)30(24,25)26/h1-4H,(H,15,16,17)(H,18,19,20)(H,21,22,23)(H,24,25,26). The lowest BCUT2D eigenvalue weighted by Crippen LogP contribution is -2.13. The van der Waals surface area contributed by atoms with E-state index in [1.807, 2.05) is 0 Å². The van der Waals surface area contributed by atoms with Crippen molar-refractivity contribution >= 4 is 63.7 Å². The van der Waals surface area contributed by atoms with Gasteiger partial charge in [-0.3, -0.25) is 18.2 Å². The molecule has 0 unspecified atom stereocenters. The molecule has 0 saturated heterocycles. The second kappa shape index (κ2) is 7.66. The minimum atomic E-state index is -5.47. The van der Waals surface area contributed by atoms with Crippen LogP contribution in [-0.2, 0) is 40.5 Å². The Morgan fingerprint density at radius 3 is 0.767 bits per heavy atom. The number of rotatable bonds is 5. The highest BCUT2D eigenvalue weighted by molar-refractivity contribution is 7.87. The number of hydrogen-bond acceptors (Lipinski definition) is 8. The molecular weight excluding hydrogens is 535 g/mol. The van der Waals surface area contributed by atoms with Crippen molar-refractivity contribution in [3.8, 4) is 11.1 Å². The van der Waals surface area contributed by atoms with Crippen molar-refractivity contribution in [2.75, 3.05) is 0 Å². The fourth-order valence-electron chi connectivity index (χ4n) is 2.42. The van der Waals surface area contributed by atoms with Gasteiger partial charge in [0.2, 0.25) is 0 Å². The summed E-state index contributed by atoms with van der Waals surface area (Å²) in [7, 11) is -21.9. The summed E-state index contributed by atoms with van der Waals surface area (Å²) in [6, 6.07) is 1.60. The van der Waals surface area contributed by atoms with Crippen molar-refractivity contribution in [2.24, 2.45) is 0 Å². The summed E-state index contributed by atoms with van der Waals surface area (Å²) in [5.41, 5.74) is -2.86. The van der Waals surface area contributed by atoms with Crippen LogP contribution >= 0.6 is 23.2 Å². The molecule has 0 fully saturated rings. The van der Waals surface area contributed by atoms with Gasteiger partial charge in [-0.25, -0.2) is 0 Å². The van der Waals surface area contributed by atoms with Gasteiger partial charge >= 0.3 is 0 Å². The smallest absolute Gasteiger partial charge is 0.282 e. The first-order valence-electron chi connectivity index (χ1n) is 6.82. The van der Waals surface area contributed by atoms with Gasteiger partial charge in [-0.1, -0.05) is 23.2 Å². The fraction of sp³-hybridized carbons (Fsp3) is 0. The minimum absolute atomic E-state index is 0.400. The Kier molecular flexibility index (Phi) is 6.36. The SMILES string of the molecule is O=S(=O)(O)c1cc(Cl)cc(S(=O)(=O)O)c1-c1c(S(=O)(=O)O)cc(Cl)cc1S(=O)(=O)O. The minimum Gasteiger partial charge on any atom is -0.282 e. The Bertz CT molecular complexity index is 1270. The van der Waals surface area contributed by atoms with Gasteiger partial charge in [-0.15, -0.1) is 0 Å². The van der Waals surface area contributed by atoms with Gasteiger partial charge in [-0.2, -0.15) is 33.7 Å². The van der Waals surface area contributed by atoms with Gasteiger partial charge in [0.1, 0.15) is 19.6 Å². The largest absolute Gasteiger partial charge is 0.295 e. The first kappa shape index (κ1) is 24.9. The van der Waals surface area contributed by atoms with Crippen molar-refractivity contribution in [3.05, 3.63) is 34.3 Å². The summed E-state index contributed by atoms with van der Waals surface area (Å²) in [5, 5.41) is -1.40. The molecule has 12 nitrogen and oxygen atoms in total. The molecular formula is C12H8Cl2O12S4. The molecule has 2 aromatic rings. The zero-order chi connectivity index (χ0) is 23.4. The summed E-state index contributed by atoms with van der Waals surface area (Å²) in [6.45, 7) is 0. The van der Waals surface area contributed by atoms with E-state index in [9.17, 15) is 51.9 Å². The number of halogens is 2. The second-order valence-corrected chi connectivity index (χ2v) is 11.9. The third kappa shape index (κ3) is 5.10. The maximum atomic E-state index is 11.8. The lowest BCUT2D eigenvalue weighted by molar-refractivity contribution is 0.474. The van der Waals surface area contributed by atoms with Gasteiger partial charge in [0.25, 0.3) is 40.5 Å². The molecule has 0 spiro atoms. The molecule has 4 N–H and O–H groups in total. The summed E-state index contributed by atoms with van der Waals surface area (Å²) >= 11 is 11.2. The Morgan fingerprint density at radius 1 is 0.467 bits per heavy atom. The molecule has 0 heterocycles. The molecule has 0 aliphatic heterocycles. The molecule has 2 rings (SSSR count). The van der Waals surface area contributed by atoms with Crippen LogP contribution in [0.3, 0.4) is 0 Å². The average Bonchev–Trinajstić information content (AvgIpc) is 2.50. The topological polar surface area (TPSA) is 217 Å². The molecule has 0 amide bonds. The Balaban J connectivity index is 3.45. The highest BCUT2D eigenvalue weighted by atomic mass is 35.5. The first-order chi connectivity index (χ1) is 13.2. The molecule has 166 valence electrons. The van der Waals surface area contributed by atoms with Crippen LogP contribution in [0.25, 0.3) is 11.1 Å². The molecule has 0 saturated carbocycles.